The summed E-state index contributed by atoms with van der Waals surface area (Å²) in [6, 6.07) is 9.00. The highest BCUT2D eigenvalue weighted by molar-refractivity contribution is 5.82. The Morgan fingerprint density at radius 3 is 2.00 bits per heavy atom. The van der Waals surface area contributed by atoms with Crippen LogP contribution in [0.4, 0.5) is 0 Å². The molecule has 0 bridgehead atoms. The van der Waals surface area contributed by atoms with Gasteiger partial charge in [-0.2, -0.15) is 0 Å². The van der Waals surface area contributed by atoms with Crippen LogP contribution >= 0.6 is 0 Å². The van der Waals surface area contributed by atoms with E-state index in [4.69, 9.17) is 0 Å². The summed E-state index contributed by atoms with van der Waals surface area (Å²) in [5.74, 6) is 1.10. The molecule has 2 rings (SSSR count). The van der Waals surface area contributed by atoms with E-state index in [1.165, 1.54) is 11.1 Å². The van der Waals surface area contributed by atoms with Crippen LogP contribution in [0.3, 0.4) is 0 Å². The van der Waals surface area contributed by atoms with Crippen LogP contribution in [0.1, 0.15) is 44.7 Å². The third-order valence-electron chi connectivity index (χ3n) is 4.54. The normalized spacial score (nSPS) is 17.4. The summed E-state index contributed by atoms with van der Waals surface area (Å²) in [7, 11) is 0. The molecule has 1 aliphatic rings. The Labute approximate surface area is 135 Å². The third-order valence-corrected chi connectivity index (χ3v) is 4.54. The van der Waals surface area contributed by atoms with Gasteiger partial charge in [0.25, 0.3) is 0 Å². The molecule has 1 fully saturated rings. The zero-order valence-corrected chi connectivity index (χ0v) is 14.5. The number of nitrogens with zero attached hydrogens (tertiary/aromatic N) is 2. The number of hydrogen-bond donors (Lipinski definition) is 0. The number of piperazine rings is 1. The van der Waals surface area contributed by atoms with Gasteiger partial charge in [-0.1, -0.05) is 52.0 Å². The van der Waals surface area contributed by atoms with Gasteiger partial charge in [-0.25, -0.2) is 0 Å². The fraction of sp³-hybridized carbons (Fsp3) is 0.632. The molecule has 0 unspecified atom stereocenters. The summed E-state index contributed by atoms with van der Waals surface area (Å²) < 4.78 is 0. The second kappa shape index (κ2) is 7.89. The Morgan fingerprint density at radius 2 is 1.50 bits per heavy atom. The van der Waals surface area contributed by atoms with Crippen LogP contribution in [-0.4, -0.2) is 48.3 Å². The smallest absolute Gasteiger partial charge is 0.149 e. The zero-order chi connectivity index (χ0) is 16.1. The molecule has 0 saturated carbocycles. The van der Waals surface area contributed by atoms with E-state index in [9.17, 15) is 4.79 Å². The lowest BCUT2D eigenvalue weighted by atomic mass is 10.0. The van der Waals surface area contributed by atoms with Crippen molar-refractivity contribution in [3.63, 3.8) is 0 Å². The van der Waals surface area contributed by atoms with Gasteiger partial charge in [-0.3, -0.25) is 14.6 Å². The SMILES string of the molecule is CC(C)C(=O)CN1CCN(Cc2ccc(C(C)C)cc2)CC1. The molecule has 1 aromatic rings. The van der Waals surface area contributed by atoms with Crippen LogP contribution in [0.2, 0.25) is 0 Å². The van der Waals surface area contributed by atoms with Crippen LogP contribution in [0.15, 0.2) is 24.3 Å². The first-order valence-corrected chi connectivity index (χ1v) is 8.52. The van der Waals surface area contributed by atoms with E-state index in [0.29, 0.717) is 18.2 Å². The fourth-order valence-electron chi connectivity index (χ4n) is 2.77. The van der Waals surface area contributed by atoms with Gasteiger partial charge in [0.15, 0.2) is 0 Å². The molecule has 122 valence electrons. The second-order valence-electron chi connectivity index (χ2n) is 7.07. The summed E-state index contributed by atoms with van der Waals surface area (Å²) in [6.07, 6.45) is 0. The highest BCUT2D eigenvalue weighted by atomic mass is 16.1. The Hall–Kier alpha value is -1.19. The van der Waals surface area contributed by atoms with E-state index in [1.54, 1.807) is 0 Å². The van der Waals surface area contributed by atoms with E-state index >= 15 is 0 Å². The van der Waals surface area contributed by atoms with Gasteiger partial charge in [0.2, 0.25) is 0 Å². The van der Waals surface area contributed by atoms with Crippen molar-refractivity contribution in [2.75, 3.05) is 32.7 Å². The van der Waals surface area contributed by atoms with Gasteiger partial charge in [-0.05, 0) is 17.0 Å². The molecule has 0 spiro atoms. The summed E-state index contributed by atoms with van der Waals surface area (Å²) in [5, 5.41) is 0. The van der Waals surface area contributed by atoms with E-state index in [0.717, 1.165) is 32.7 Å². The van der Waals surface area contributed by atoms with E-state index in [1.807, 2.05) is 13.8 Å². The van der Waals surface area contributed by atoms with E-state index < -0.39 is 0 Å². The summed E-state index contributed by atoms with van der Waals surface area (Å²) >= 11 is 0. The standard InChI is InChI=1S/C19H30N2O/c1-15(2)18-7-5-17(6-8-18)13-20-9-11-21(12-10-20)14-19(22)16(3)4/h5-8,15-16H,9-14H2,1-4H3. The molecule has 0 radical (unpaired) electrons. The predicted octanol–water partition coefficient (Wildman–Crippen LogP) is 3.15. The highest BCUT2D eigenvalue weighted by Crippen LogP contribution is 2.16. The minimum atomic E-state index is 0.150. The van der Waals surface area contributed by atoms with Crippen molar-refractivity contribution in [3.05, 3.63) is 35.4 Å². The molecule has 0 atom stereocenters. The third kappa shape index (κ3) is 4.92. The highest BCUT2D eigenvalue weighted by Gasteiger charge is 2.20. The Bertz CT molecular complexity index is 471. The van der Waals surface area contributed by atoms with E-state index in [2.05, 4.69) is 47.9 Å². The van der Waals surface area contributed by atoms with Crippen LogP contribution in [0.25, 0.3) is 0 Å². The molecule has 3 nitrogen and oxygen atoms in total. The minimum Gasteiger partial charge on any atom is -0.298 e. The van der Waals surface area contributed by atoms with Crippen molar-refractivity contribution in [3.8, 4) is 0 Å². The number of hydrogen-bond acceptors (Lipinski definition) is 3. The Morgan fingerprint density at radius 1 is 0.955 bits per heavy atom. The van der Waals surface area contributed by atoms with Crippen molar-refractivity contribution in [1.82, 2.24) is 9.80 Å². The summed E-state index contributed by atoms with van der Waals surface area (Å²) in [6.45, 7) is 14.2. The van der Waals surface area contributed by atoms with Crippen molar-refractivity contribution in [2.24, 2.45) is 5.92 Å². The van der Waals surface area contributed by atoms with Crippen molar-refractivity contribution in [2.45, 2.75) is 40.2 Å². The monoisotopic (exact) mass is 302 g/mol. The summed E-state index contributed by atoms with van der Waals surface area (Å²) in [5.41, 5.74) is 2.79. The maximum atomic E-state index is 11.8. The van der Waals surface area contributed by atoms with Crippen molar-refractivity contribution < 1.29 is 4.79 Å². The molecule has 1 saturated heterocycles. The predicted molar refractivity (Wildman–Crippen MR) is 92.1 cm³/mol. The molecule has 3 heteroatoms. The van der Waals surface area contributed by atoms with Gasteiger partial charge in [0.05, 0.1) is 6.54 Å². The zero-order valence-electron chi connectivity index (χ0n) is 14.5. The average molecular weight is 302 g/mol. The lowest BCUT2D eigenvalue weighted by molar-refractivity contribution is -0.123. The van der Waals surface area contributed by atoms with Gasteiger partial charge in [-0.15, -0.1) is 0 Å². The number of ketones is 1. The molecule has 1 heterocycles. The average Bonchev–Trinajstić information content (AvgIpc) is 2.49. The van der Waals surface area contributed by atoms with Crippen LogP contribution in [0.5, 0.6) is 0 Å². The van der Waals surface area contributed by atoms with Gasteiger partial charge >= 0.3 is 0 Å². The fourth-order valence-corrected chi connectivity index (χ4v) is 2.77. The molecule has 22 heavy (non-hydrogen) atoms. The minimum absolute atomic E-state index is 0.150. The molecular formula is C19H30N2O. The first-order chi connectivity index (χ1) is 10.5. The quantitative estimate of drug-likeness (QED) is 0.806. The topological polar surface area (TPSA) is 23.6 Å². The van der Waals surface area contributed by atoms with Crippen LogP contribution in [0, 0.1) is 5.92 Å². The molecule has 0 N–H and O–H groups in total. The summed E-state index contributed by atoms with van der Waals surface area (Å²) in [4.78, 5) is 16.6. The largest absolute Gasteiger partial charge is 0.298 e. The first kappa shape index (κ1) is 17.2. The molecule has 1 aliphatic heterocycles. The lowest BCUT2D eigenvalue weighted by Gasteiger charge is -2.34. The molecule has 1 aromatic carbocycles. The van der Waals surface area contributed by atoms with E-state index in [-0.39, 0.29) is 5.92 Å². The number of rotatable bonds is 6. The number of carbonyl (C=O) groups excluding carboxylic acids is 1. The maximum absolute atomic E-state index is 11.8. The van der Waals surface area contributed by atoms with Crippen LogP contribution in [-0.2, 0) is 11.3 Å². The molecule has 0 aliphatic carbocycles. The van der Waals surface area contributed by atoms with Gasteiger partial charge in [0.1, 0.15) is 5.78 Å². The van der Waals surface area contributed by atoms with Crippen molar-refractivity contribution in [1.29, 1.82) is 0 Å². The maximum Gasteiger partial charge on any atom is 0.149 e. The van der Waals surface area contributed by atoms with Gasteiger partial charge in [0, 0.05) is 38.6 Å². The molecular weight excluding hydrogens is 272 g/mol. The molecule has 0 aromatic heterocycles. The Balaban J connectivity index is 1.78. The second-order valence-corrected chi connectivity index (χ2v) is 7.07. The number of benzene rings is 1. The molecule has 0 amide bonds. The first-order valence-electron chi connectivity index (χ1n) is 8.52. The number of carbonyl (C=O) groups is 1. The van der Waals surface area contributed by atoms with Gasteiger partial charge < -0.3 is 0 Å². The van der Waals surface area contributed by atoms with Crippen molar-refractivity contribution >= 4 is 5.78 Å². The number of Topliss-reactive ketones (excluding diaryl/α,β-unsaturated/α-hetero) is 1. The lowest BCUT2D eigenvalue weighted by Crippen LogP contribution is -2.47. The van der Waals surface area contributed by atoms with Crippen LogP contribution < -0.4 is 0 Å². The Kier molecular flexibility index (Phi) is 6.16.